The highest BCUT2D eigenvalue weighted by atomic mass is 14.8. The van der Waals surface area contributed by atoms with E-state index in [-0.39, 0.29) is 0 Å². The summed E-state index contributed by atoms with van der Waals surface area (Å²) in [6, 6.07) is 18.2. The highest BCUT2D eigenvalue weighted by Gasteiger charge is 2.12. The van der Waals surface area contributed by atoms with Gasteiger partial charge in [0, 0.05) is 29.7 Å². The van der Waals surface area contributed by atoms with Crippen LogP contribution in [0.2, 0.25) is 0 Å². The van der Waals surface area contributed by atoms with Crippen molar-refractivity contribution in [3.63, 3.8) is 0 Å². The lowest BCUT2D eigenvalue weighted by molar-refractivity contribution is 1.33. The molecule has 3 aromatic heterocycles. The van der Waals surface area contributed by atoms with E-state index in [1.165, 1.54) is 0 Å². The Morgan fingerprint density at radius 3 is 2.33 bits per heavy atom. The Hall–Kier alpha value is -2.94. The predicted molar refractivity (Wildman–Crippen MR) is 84.8 cm³/mol. The van der Waals surface area contributed by atoms with E-state index in [1.807, 2.05) is 61.1 Å². The van der Waals surface area contributed by atoms with Crippen molar-refractivity contribution in [1.29, 1.82) is 0 Å². The van der Waals surface area contributed by atoms with Crippen molar-refractivity contribution in [2.45, 2.75) is 0 Å². The molecule has 0 saturated heterocycles. The minimum atomic E-state index is 0.971. The molecule has 1 aromatic carbocycles. The molecule has 0 aliphatic rings. The van der Waals surface area contributed by atoms with Gasteiger partial charge in [-0.05, 0) is 29.8 Å². The summed E-state index contributed by atoms with van der Waals surface area (Å²) in [7, 11) is 0. The van der Waals surface area contributed by atoms with Crippen LogP contribution in [0.3, 0.4) is 0 Å². The molecule has 0 spiro atoms. The molecule has 3 nitrogen and oxygen atoms in total. The molecule has 4 rings (SSSR count). The average Bonchev–Trinajstić information content (AvgIpc) is 3.00. The molecular weight excluding hydrogens is 258 g/mol. The molecule has 0 saturated carbocycles. The Balaban J connectivity index is 1.98. The van der Waals surface area contributed by atoms with Crippen LogP contribution >= 0.6 is 0 Å². The van der Waals surface area contributed by atoms with Gasteiger partial charge < -0.3 is 4.98 Å². The number of pyridine rings is 2. The van der Waals surface area contributed by atoms with Crippen molar-refractivity contribution in [3.8, 4) is 22.4 Å². The number of benzene rings is 1. The summed E-state index contributed by atoms with van der Waals surface area (Å²) in [5, 5.41) is 0. The topological polar surface area (TPSA) is 41.6 Å². The molecule has 0 unspecified atom stereocenters. The molecule has 3 heteroatoms. The second-order valence-electron chi connectivity index (χ2n) is 4.86. The van der Waals surface area contributed by atoms with E-state index in [4.69, 9.17) is 0 Å². The van der Waals surface area contributed by atoms with Crippen LogP contribution in [0.15, 0.2) is 73.2 Å². The quantitative estimate of drug-likeness (QED) is 0.591. The monoisotopic (exact) mass is 271 g/mol. The van der Waals surface area contributed by atoms with Gasteiger partial charge in [-0.3, -0.25) is 9.97 Å². The second kappa shape index (κ2) is 4.87. The zero-order valence-electron chi connectivity index (χ0n) is 11.3. The minimum absolute atomic E-state index is 0.971. The van der Waals surface area contributed by atoms with E-state index in [9.17, 15) is 0 Å². The number of hydrogen-bond acceptors (Lipinski definition) is 2. The van der Waals surface area contributed by atoms with Crippen molar-refractivity contribution >= 4 is 11.0 Å². The Labute approximate surface area is 122 Å². The lowest BCUT2D eigenvalue weighted by atomic mass is 9.98. The van der Waals surface area contributed by atoms with Gasteiger partial charge in [0.25, 0.3) is 0 Å². The van der Waals surface area contributed by atoms with Gasteiger partial charge in [0.1, 0.15) is 0 Å². The van der Waals surface area contributed by atoms with Crippen molar-refractivity contribution < 1.29 is 0 Å². The van der Waals surface area contributed by atoms with Crippen LogP contribution in [-0.2, 0) is 0 Å². The summed E-state index contributed by atoms with van der Waals surface area (Å²) in [5.74, 6) is 0. The lowest BCUT2D eigenvalue weighted by Crippen LogP contribution is -1.87. The number of aromatic amines is 1. The van der Waals surface area contributed by atoms with E-state index >= 15 is 0 Å². The fourth-order valence-corrected chi connectivity index (χ4v) is 2.62. The van der Waals surface area contributed by atoms with Gasteiger partial charge >= 0.3 is 0 Å². The molecule has 1 N–H and O–H groups in total. The molecule has 3 heterocycles. The predicted octanol–water partition coefficient (Wildman–Crippen LogP) is 4.29. The Morgan fingerprint density at radius 2 is 1.48 bits per heavy atom. The molecule has 100 valence electrons. The molecule has 0 bridgehead atoms. The maximum Gasteiger partial charge on any atom is 0.0957 e. The molecule has 4 aromatic rings. The standard InChI is InChI=1S/C18H13N3/c1-2-7-14(16-8-3-4-10-19-16)13(6-1)15-12-21-17-9-5-11-20-18(15)17/h1-12,21H. The van der Waals surface area contributed by atoms with Crippen LogP contribution in [-0.4, -0.2) is 15.0 Å². The van der Waals surface area contributed by atoms with Crippen molar-refractivity contribution in [3.05, 3.63) is 73.2 Å². The number of aromatic nitrogens is 3. The van der Waals surface area contributed by atoms with Gasteiger partial charge in [0.05, 0.1) is 16.7 Å². The maximum absolute atomic E-state index is 4.50. The van der Waals surface area contributed by atoms with E-state index in [0.717, 1.165) is 33.4 Å². The van der Waals surface area contributed by atoms with Crippen LogP contribution in [0.5, 0.6) is 0 Å². The Bertz CT molecular complexity index is 894. The summed E-state index contributed by atoms with van der Waals surface area (Å²) in [6.45, 7) is 0. The zero-order valence-corrected chi connectivity index (χ0v) is 11.3. The van der Waals surface area contributed by atoms with Gasteiger partial charge in [0.15, 0.2) is 0 Å². The van der Waals surface area contributed by atoms with Gasteiger partial charge in [-0.1, -0.05) is 30.3 Å². The summed E-state index contributed by atoms with van der Waals surface area (Å²) < 4.78 is 0. The highest BCUT2D eigenvalue weighted by Crippen LogP contribution is 2.34. The van der Waals surface area contributed by atoms with Gasteiger partial charge in [0.2, 0.25) is 0 Å². The fraction of sp³-hybridized carbons (Fsp3) is 0. The highest BCUT2D eigenvalue weighted by molar-refractivity contribution is 5.96. The summed E-state index contributed by atoms with van der Waals surface area (Å²) in [4.78, 5) is 12.3. The number of nitrogens with one attached hydrogen (secondary N) is 1. The van der Waals surface area contributed by atoms with Crippen LogP contribution in [0.1, 0.15) is 0 Å². The van der Waals surface area contributed by atoms with E-state index < -0.39 is 0 Å². The number of rotatable bonds is 2. The van der Waals surface area contributed by atoms with E-state index in [1.54, 1.807) is 0 Å². The third kappa shape index (κ3) is 1.99. The third-order valence-corrected chi connectivity index (χ3v) is 3.59. The van der Waals surface area contributed by atoms with Crippen LogP contribution < -0.4 is 0 Å². The van der Waals surface area contributed by atoms with Crippen LogP contribution in [0.25, 0.3) is 33.4 Å². The molecule has 21 heavy (non-hydrogen) atoms. The van der Waals surface area contributed by atoms with Gasteiger partial charge in [-0.2, -0.15) is 0 Å². The average molecular weight is 271 g/mol. The number of hydrogen-bond donors (Lipinski definition) is 1. The molecule has 0 aliphatic heterocycles. The molecular formula is C18H13N3. The molecule has 0 aliphatic carbocycles. The second-order valence-corrected chi connectivity index (χ2v) is 4.86. The van der Waals surface area contributed by atoms with Crippen molar-refractivity contribution in [2.75, 3.05) is 0 Å². The SMILES string of the molecule is c1ccc(-c2ccccc2-c2c[nH]c3cccnc23)nc1. The third-order valence-electron chi connectivity index (χ3n) is 3.59. The van der Waals surface area contributed by atoms with Gasteiger partial charge in [-0.25, -0.2) is 0 Å². The maximum atomic E-state index is 4.50. The number of fused-ring (bicyclic) bond motifs is 1. The first-order valence-electron chi connectivity index (χ1n) is 6.86. The Kier molecular flexibility index (Phi) is 2.75. The van der Waals surface area contributed by atoms with Crippen molar-refractivity contribution in [1.82, 2.24) is 15.0 Å². The molecule has 0 radical (unpaired) electrons. The first-order chi connectivity index (χ1) is 10.4. The van der Waals surface area contributed by atoms with Crippen molar-refractivity contribution in [2.24, 2.45) is 0 Å². The van der Waals surface area contributed by atoms with E-state index in [0.29, 0.717) is 0 Å². The summed E-state index contributed by atoms with van der Waals surface area (Å²) >= 11 is 0. The normalized spacial score (nSPS) is 10.9. The summed E-state index contributed by atoms with van der Waals surface area (Å²) in [6.07, 6.45) is 5.65. The van der Waals surface area contributed by atoms with Crippen LogP contribution in [0.4, 0.5) is 0 Å². The van der Waals surface area contributed by atoms with Crippen LogP contribution in [0, 0.1) is 0 Å². The molecule has 0 amide bonds. The first-order valence-corrected chi connectivity index (χ1v) is 6.86. The minimum Gasteiger partial charge on any atom is -0.359 e. The molecule has 0 fully saturated rings. The zero-order chi connectivity index (χ0) is 14.1. The molecule has 0 atom stereocenters. The fourth-order valence-electron chi connectivity index (χ4n) is 2.62. The van der Waals surface area contributed by atoms with Gasteiger partial charge in [-0.15, -0.1) is 0 Å². The first kappa shape index (κ1) is 11.9. The largest absolute Gasteiger partial charge is 0.359 e. The Morgan fingerprint density at radius 1 is 0.667 bits per heavy atom. The van der Waals surface area contributed by atoms with E-state index in [2.05, 4.69) is 27.1 Å². The smallest absolute Gasteiger partial charge is 0.0957 e. The number of H-pyrrole nitrogens is 1. The number of nitrogens with zero attached hydrogens (tertiary/aromatic N) is 2. The summed E-state index contributed by atoms with van der Waals surface area (Å²) in [5.41, 5.74) is 6.36. The lowest BCUT2D eigenvalue weighted by Gasteiger charge is -2.07.